The number of aryl methyl sites for hydroxylation is 1. The number of rotatable bonds is 4. The Kier molecular flexibility index (Phi) is 4.89. The summed E-state index contributed by atoms with van der Waals surface area (Å²) in [7, 11) is 0. The molecule has 0 unspecified atom stereocenters. The van der Waals surface area contributed by atoms with Gasteiger partial charge < -0.3 is 14.6 Å². The first-order valence-corrected chi connectivity index (χ1v) is 10.1. The van der Waals surface area contributed by atoms with E-state index < -0.39 is 0 Å². The molecule has 0 saturated carbocycles. The van der Waals surface area contributed by atoms with Crippen LogP contribution in [0.4, 0.5) is 5.82 Å². The number of hydrogen-bond donors (Lipinski definition) is 3. The van der Waals surface area contributed by atoms with Crippen LogP contribution in [0.15, 0.2) is 48.5 Å². The number of imidazole rings is 1. The number of benzene rings is 2. The summed E-state index contributed by atoms with van der Waals surface area (Å²) < 4.78 is 7.54. The van der Waals surface area contributed by atoms with Gasteiger partial charge in [-0.25, -0.2) is 15.5 Å². The second kappa shape index (κ2) is 7.86. The maximum absolute atomic E-state index is 11.9. The van der Waals surface area contributed by atoms with Gasteiger partial charge >= 0.3 is 0 Å². The van der Waals surface area contributed by atoms with E-state index >= 15 is 0 Å². The van der Waals surface area contributed by atoms with Crippen LogP contribution in [0.3, 0.4) is 0 Å². The summed E-state index contributed by atoms with van der Waals surface area (Å²) in [6, 6.07) is 15.3. The van der Waals surface area contributed by atoms with E-state index in [2.05, 4.69) is 15.3 Å². The van der Waals surface area contributed by atoms with Crippen molar-refractivity contribution in [1.29, 1.82) is 0 Å². The number of hydrogen-bond acceptors (Lipinski definition) is 6. The highest BCUT2D eigenvalue weighted by molar-refractivity contribution is 5.97. The average Bonchev–Trinajstić information content (AvgIpc) is 3.39. The van der Waals surface area contributed by atoms with Crippen LogP contribution in [-0.4, -0.2) is 52.0 Å². The molecular formula is C22H23N7O2. The van der Waals surface area contributed by atoms with E-state index in [4.69, 9.17) is 20.7 Å². The Hall–Kier alpha value is -3.69. The third-order valence-corrected chi connectivity index (χ3v) is 5.46. The van der Waals surface area contributed by atoms with E-state index in [1.165, 1.54) is 0 Å². The largest absolute Gasteiger partial charge is 0.378 e. The number of nitrogens with zero attached hydrogens (tertiary/aromatic N) is 4. The van der Waals surface area contributed by atoms with Crippen molar-refractivity contribution >= 4 is 22.8 Å². The van der Waals surface area contributed by atoms with Crippen molar-refractivity contribution in [2.24, 2.45) is 5.84 Å². The Morgan fingerprint density at radius 2 is 1.94 bits per heavy atom. The van der Waals surface area contributed by atoms with Gasteiger partial charge in [0.25, 0.3) is 5.91 Å². The van der Waals surface area contributed by atoms with Crippen molar-refractivity contribution in [3.05, 3.63) is 59.8 Å². The van der Waals surface area contributed by atoms with Crippen LogP contribution >= 0.6 is 0 Å². The monoisotopic (exact) mass is 417 g/mol. The lowest BCUT2D eigenvalue weighted by molar-refractivity contribution is 0.0953. The van der Waals surface area contributed by atoms with Gasteiger partial charge in [0.15, 0.2) is 0 Å². The zero-order valence-corrected chi connectivity index (χ0v) is 17.1. The van der Waals surface area contributed by atoms with E-state index in [0.717, 1.165) is 46.9 Å². The number of nitrogens with two attached hydrogens (primary N) is 1. The van der Waals surface area contributed by atoms with Crippen molar-refractivity contribution < 1.29 is 9.53 Å². The number of fused-ring (bicyclic) bond motifs is 1. The number of nitrogens with one attached hydrogen (secondary N) is 2. The summed E-state index contributed by atoms with van der Waals surface area (Å²) in [4.78, 5) is 22.4. The number of morpholine rings is 1. The van der Waals surface area contributed by atoms with E-state index in [1.54, 1.807) is 12.1 Å². The fraction of sp³-hybridized carbons (Fsp3) is 0.227. The van der Waals surface area contributed by atoms with Gasteiger partial charge in [-0.2, -0.15) is 5.10 Å². The number of amides is 1. The quantitative estimate of drug-likeness (QED) is 0.266. The lowest BCUT2D eigenvalue weighted by atomic mass is 10.2. The number of carbonyl (C=O) groups excluding carboxylic acids is 1. The van der Waals surface area contributed by atoms with E-state index in [-0.39, 0.29) is 5.91 Å². The van der Waals surface area contributed by atoms with Crippen molar-refractivity contribution in [1.82, 2.24) is 25.2 Å². The average molecular weight is 417 g/mol. The minimum atomic E-state index is -0.347. The maximum atomic E-state index is 11.9. The molecular weight excluding hydrogens is 394 g/mol. The first-order valence-electron chi connectivity index (χ1n) is 10.1. The van der Waals surface area contributed by atoms with E-state index in [9.17, 15) is 4.79 Å². The molecule has 4 aromatic rings. The molecule has 2 aromatic carbocycles. The summed E-state index contributed by atoms with van der Waals surface area (Å²) in [5.74, 6) is 6.61. The molecule has 0 spiro atoms. The summed E-state index contributed by atoms with van der Waals surface area (Å²) in [6.07, 6.45) is 0. The zero-order valence-electron chi connectivity index (χ0n) is 17.1. The number of ether oxygens (including phenoxy) is 1. The fourth-order valence-electron chi connectivity index (χ4n) is 3.96. The van der Waals surface area contributed by atoms with Crippen LogP contribution in [0, 0.1) is 6.92 Å². The van der Waals surface area contributed by atoms with Crippen molar-refractivity contribution in [3.8, 4) is 17.1 Å². The first kappa shape index (κ1) is 19.3. The van der Waals surface area contributed by atoms with Gasteiger partial charge in [-0.1, -0.05) is 18.2 Å². The normalized spacial score (nSPS) is 14.2. The Labute approximate surface area is 178 Å². The number of hydrazine groups is 1. The molecule has 5 rings (SSSR count). The molecule has 9 nitrogen and oxygen atoms in total. The Morgan fingerprint density at radius 3 is 2.68 bits per heavy atom. The molecule has 3 heterocycles. The highest BCUT2D eigenvalue weighted by atomic mass is 16.5. The molecule has 1 fully saturated rings. The number of H-pyrrole nitrogens is 1. The number of nitrogen functional groups attached to an aromatic ring is 1. The SMILES string of the molecule is Cc1nn(-c2ccccc2)c(N2CCOCC2)c1-c1nc2ccc(C(=O)NN)cc2[nH]1. The molecule has 2 aromatic heterocycles. The molecule has 1 aliphatic heterocycles. The zero-order chi connectivity index (χ0) is 21.4. The van der Waals surface area contributed by atoms with Crippen molar-refractivity contribution in [3.63, 3.8) is 0 Å². The van der Waals surface area contributed by atoms with Crippen LogP contribution < -0.4 is 16.2 Å². The molecule has 9 heteroatoms. The topological polar surface area (TPSA) is 114 Å². The summed E-state index contributed by atoms with van der Waals surface area (Å²) in [6.45, 7) is 4.85. The van der Waals surface area contributed by atoms with Gasteiger partial charge in [0.2, 0.25) is 0 Å². The highest BCUT2D eigenvalue weighted by Gasteiger charge is 2.26. The van der Waals surface area contributed by atoms with Crippen LogP contribution in [0.25, 0.3) is 28.1 Å². The molecule has 0 aliphatic carbocycles. The fourth-order valence-corrected chi connectivity index (χ4v) is 3.96. The molecule has 4 N–H and O–H groups in total. The smallest absolute Gasteiger partial charge is 0.265 e. The molecule has 1 amide bonds. The number of anilines is 1. The molecule has 0 bridgehead atoms. The Morgan fingerprint density at radius 1 is 1.16 bits per heavy atom. The van der Waals surface area contributed by atoms with Crippen LogP contribution in [0.1, 0.15) is 16.1 Å². The number of aromatic amines is 1. The summed E-state index contributed by atoms with van der Waals surface area (Å²) >= 11 is 0. The van der Waals surface area contributed by atoms with Crippen LogP contribution in [0.5, 0.6) is 0 Å². The van der Waals surface area contributed by atoms with Crippen LogP contribution in [-0.2, 0) is 4.74 Å². The second-order valence-corrected chi connectivity index (χ2v) is 7.42. The third kappa shape index (κ3) is 3.43. The Balaban J connectivity index is 1.68. The van der Waals surface area contributed by atoms with E-state index in [1.807, 2.05) is 48.0 Å². The lowest BCUT2D eigenvalue weighted by Crippen LogP contribution is -2.37. The lowest BCUT2D eigenvalue weighted by Gasteiger charge is -2.30. The van der Waals surface area contributed by atoms with E-state index in [0.29, 0.717) is 24.6 Å². The minimum Gasteiger partial charge on any atom is -0.378 e. The van der Waals surface area contributed by atoms with Gasteiger partial charge in [0, 0.05) is 18.7 Å². The van der Waals surface area contributed by atoms with Crippen LogP contribution in [0.2, 0.25) is 0 Å². The second-order valence-electron chi connectivity index (χ2n) is 7.42. The highest BCUT2D eigenvalue weighted by Crippen LogP contribution is 2.36. The molecule has 0 atom stereocenters. The number of para-hydroxylation sites is 1. The maximum Gasteiger partial charge on any atom is 0.265 e. The van der Waals surface area contributed by atoms with Gasteiger partial charge in [-0.05, 0) is 37.3 Å². The molecule has 1 aliphatic rings. The van der Waals surface area contributed by atoms with Gasteiger partial charge in [-0.3, -0.25) is 10.2 Å². The molecule has 1 saturated heterocycles. The van der Waals surface area contributed by atoms with Gasteiger partial charge in [0.1, 0.15) is 11.6 Å². The molecule has 31 heavy (non-hydrogen) atoms. The van der Waals surface area contributed by atoms with Crippen molar-refractivity contribution in [2.75, 3.05) is 31.2 Å². The number of aromatic nitrogens is 4. The minimum absolute atomic E-state index is 0.347. The first-order chi connectivity index (χ1) is 15.2. The molecule has 158 valence electrons. The van der Waals surface area contributed by atoms with Gasteiger partial charge in [-0.15, -0.1) is 0 Å². The predicted octanol–water partition coefficient (Wildman–Crippen LogP) is 2.16. The standard InChI is InChI=1S/C22H23N7O2/c1-14-19(20-24-17-8-7-15(21(30)26-23)13-18(17)25-20)22(28-9-11-31-12-10-28)29(27-14)16-5-3-2-4-6-16/h2-8,13H,9-12,23H2,1H3,(H,24,25)(H,26,30). The number of carbonyl (C=O) groups is 1. The molecule has 0 radical (unpaired) electrons. The van der Waals surface area contributed by atoms with Crippen molar-refractivity contribution in [2.45, 2.75) is 6.92 Å². The van der Waals surface area contributed by atoms with Gasteiger partial charge in [0.05, 0.1) is 41.2 Å². The third-order valence-electron chi connectivity index (χ3n) is 5.46. The summed E-state index contributed by atoms with van der Waals surface area (Å²) in [5.41, 5.74) is 6.94. The predicted molar refractivity (Wildman–Crippen MR) is 118 cm³/mol. The Bertz CT molecular complexity index is 1240. The summed E-state index contributed by atoms with van der Waals surface area (Å²) in [5, 5.41) is 4.86.